The average molecular weight is 429 g/mol. The Bertz CT molecular complexity index is 929. The number of carbonyl (C=O) groups is 1. The number of nitro groups is 1. The van der Waals surface area contributed by atoms with E-state index in [-0.39, 0.29) is 22.8 Å². The van der Waals surface area contributed by atoms with Crippen LogP contribution in [0.4, 0.5) is 5.82 Å². The summed E-state index contributed by atoms with van der Waals surface area (Å²) in [5.41, 5.74) is 6.72. The van der Waals surface area contributed by atoms with Crippen LogP contribution in [0.25, 0.3) is 0 Å². The summed E-state index contributed by atoms with van der Waals surface area (Å²) in [6, 6.07) is 10.0. The number of rotatable bonds is 7. The lowest BCUT2D eigenvalue weighted by molar-refractivity contribution is -0.403. The standard InChI is InChI=1S/C20H24N6O3S/c1-30-16(13-26(28)29)25-11-7-20(8-12-25,15-5-3-2-4-6-15)14-24-19(27)17-18(21)23-10-9-22-17/h2-6,9-10,13H,7-8,11-12,14H2,1H3,(H2,21,23)(H,24,27)/b16-13-. The molecule has 0 aliphatic carbocycles. The van der Waals surface area contributed by atoms with Crippen molar-refractivity contribution in [3.05, 3.63) is 75.3 Å². The molecule has 1 amide bonds. The number of nitrogens with two attached hydrogens (primary N) is 1. The van der Waals surface area contributed by atoms with Crippen LogP contribution in [0, 0.1) is 10.1 Å². The molecule has 30 heavy (non-hydrogen) atoms. The predicted molar refractivity (Wildman–Crippen MR) is 116 cm³/mol. The molecule has 1 aromatic heterocycles. The molecule has 10 heteroatoms. The molecule has 0 atom stereocenters. The van der Waals surface area contributed by atoms with Crippen molar-refractivity contribution in [2.75, 3.05) is 31.6 Å². The molecule has 1 fully saturated rings. The van der Waals surface area contributed by atoms with Gasteiger partial charge in [0.15, 0.2) is 11.5 Å². The van der Waals surface area contributed by atoms with Gasteiger partial charge in [-0.2, -0.15) is 0 Å². The van der Waals surface area contributed by atoms with Crippen molar-refractivity contribution < 1.29 is 9.72 Å². The maximum atomic E-state index is 12.6. The van der Waals surface area contributed by atoms with Crippen LogP contribution in [0.15, 0.2) is 54.0 Å². The Hall–Kier alpha value is -3.14. The van der Waals surface area contributed by atoms with Gasteiger partial charge in [0.05, 0.1) is 4.92 Å². The van der Waals surface area contributed by atoms with Crippen molar-refractivity contribution in [3.63, 3.8) is 0 Å². The average Bonchev–Trinajstić information content (AvgIpc) is 2.77. The van der Waals surface area contributed by atoms with E-state index in [1.54, 1.807) is 0 Å². The Morgan fingerprint density at radius 2 is 1.97 bits per heavy atom. The molecule has 3 N–H and O–H groups in total. The van der Waals surface area contributed by atoms with Crippen LogP contribution in [0.3, 0.4) is 0 Å². The molecule has 3 rings (SSSR count). The second-order valence-electron chi connectivity index (χ2n) is 7.06. The predicted octanol–water partition coefficient (Wildman–Crippen LogP) is 2.26. The van der Waals surface area contributed by atoms with Crippen LogP contribution < -0.4 is 11.1 Å². The minimum Gasteiger partial charge on any atom is -0.382 e. The number of hydrogen-bond acceptors (Lipinski definition) is 8. The quantitative estimate of drug-likeness (QED) is 0.508. The van der Waals surface area contributed by atoms with E-state index in [4.69, 9.17) is 5.73 Å². The third-order valence-electron chi connectivity index (χ3n) is 5.37. The van der Waals surface area contributed by atoms with E-state index in [2.05, 4.69) is 27.4 Å². The normalized spacial score (nSPS) is 16.2. The van der Waals surface area contributed by atoms with Gasteiger partial charge >= 0.3 is 0 Å². The van der Waals surface area contributed by atoms with E-state index in [1.165, 1.54) is 24.2 Å². The number of amides is 1. The SMILES string of the molecule is CS/C(=C\[N+](=O)[O-])N1CCC(CNC(=O)c2nccnc2N)(c2ccccc2)CC1. The first-order chi connectivity index (χ1) is 14.4. The second kappa shape index (κ2) is 9.57. The van der Waals surface area contributed by atoms with E-state index >= 15 is 0 Å². The molecule has 0 bridgehead atoms. The van der Waals surface area contributed by atoms with Crippen LogP contribution in [0.1, 0.15) is 28.9 Å². The van der Waals surface area contributed by atoms with E-state index in [9.17, 15) is 14.9 Å². The minimum absolute atomic E-state index is 0.0908. The first-order valence-corrected chi connectivity index (χ1v) is 10.7. The summed E-state index contributed by atoms with van der Waals surface area (Å²) in [5, 5.41) is 14.5. The number of carbonyl (C=O) groups excluding carboxylic acids is 1. The lowest BCUT2D eigenvalue weighted by Gasteiger charge is -2.43. The van der Waals surface area contributed by atoms with Crippen LogP contribution in [-0.4, -0.2) is 51.6 Å². The highest BCUT2D eigenvalue weighted by atomic mass is 32.2. The highest BCUT2D eigenvalue weighted by Gasteiger charge is 2.37. The zero-order chi connectivity index (χ0) is 21.6. The third-order valence-corrected chi connectivity index (χ3v) is 6.15. The van der Waals surface area contributed by atoms with Crippen LogP contribution >= 0.6 is 11.8 Å². The van der Waals surface area contributed by atoms with E-state index in [0.717, 1.165) is 24.6 Å². The van der Waals surface area contributed by atoms with Gasteiger partial charge in [-0.05, 0) is 24.7 Å². The van der Waals surface area contributed by atoms with Crippen LogP contribution in [0.5, 0.6) is 0 Å². The molecule has 0 spiro atoms. The van der Waals surface area contributed by atoms with Gasteiger partial charge in [0.1, 0.15) is 5.03 Å². The molecule has 1 aromatic carbocycles. The summed E-state index contributed by atoms with van der Waals surface area (Å²) < 4.78 is 0. The molecule has 0 saturated carbocycles. The number of anilines is 1. The summed E-state index contributed by atoms with van der Waals surface area (Å²) in [4.78, 5) is 33.1. The van der Waals surface area contributed by atoms with Crippen LogP contribution in [-0.2, 0) is 5.41 Å². The Kier molecular flexibility index (Phi) is 6.88. The minimum atomic E-state index is -0.420. The van der Waals surface area contributed by atoms with Crippen molar-refractivity contribution in [3.8, 4) is 0 Å². The van der Waals surface area contributed by atoms with E-state index < -0.39 is 4.92 Å². The summed E-state index contributed by atoms with van der Waals surface area (Å²) in [6.07, 6.45) is 7.24. The Morgan fingerprint density at radius 1 is 1.30 bits per heavy atom. The lowest BCUT2D eigenvalue weighted by atomic mass is 9.72. The molecular formula is C20H24N6O3S. The fourth-order valence-electron chi connectivity index (χ4n) is 3.72. The molecule has 1 aliphatic heterocycles. The number of likely N-dealkylation sites (tertiary alicyclic amines) is 1. The molecular weight excluding hydrogens is 404 g/mol. The summed E-state index contributed by atoms with van der Waals surface area (Å²) in [5.74, 6) is -0.274. The van der Waals surface area contributed by atoms with Gasteiger partial charge in [0.2, 0.25) is 0 Å². The lowest BCUT2D eigenvalue weighted by Crippen LogP contribution is -2.48. The van der Waals surface area contributed by atoms with Gasteiger partial charge in [0, 0.05) is 37.4 Å². The second-order valence-corrected chi connectivity index (χ2v) is 7.89. The van der Waals surface area contributed by atoms with Gasteiger partial charge < -0.3 is 16.0 Å². The number of piperidine rings is 1. The number of thioether (sulfide) groups is 1. The smallest absolute Gasteiger partial charge is 0.273 e. The van der Waals surface area contributed by atoms with Crippen molar-refractivity contribution in [1.29, 1.82) is 0 Å². The fraction of sp³-hybridized carbons (Fsp3) is 0.350. The molecule has 1 aliphatic rings. The first kappa shape index (κ1) is 21.6. The van der Waals surface area contributed by atoms with E-state index in [0.29, 0.717) is 24.7 Å². The topological polar surface area (TPSA) is 127 Å². The molecule has 0 radical (unpaired) electrons. The zero-order valence-electron chi connectivity index (χ0n) is 16.7. The van der Waals surface area contributed by atoms with Gasteiger partial charge in [0.25, 0.3) is 12.1 Å². The van der Waals surface area contributed by atoms with Gasteiger partial charge in [-0.3, -0.25) is 14.9 Å². The highest BCUT2D eigenvalue weighted by molar-refractivity contribution is 8.02. The monoisotopic (exact) mass is 428 g/mol. The fourth-order valence-corrected chi connectivity index (χ4v) is 4.36. The third kappa shape index (κ3) is 4.88. The number of nitrogens with one attached hydrogen (secondary N) is 1. The molecule has 2 heterocycles. The maximum absolute atomic E-state index is 12.6. The molecule has 158 valence electrons. The Morgan fingerprint density at radius 3 is 2.57 bits per heavy atom. The van der Waals surface area contributed by atoms with E-state index in [1.807, 2.05) is 29.4 Å². The molecule has 9 nitrogen and oxygen atoms in total. The van der Waals surface area contributed by atoms with Crippen molar-refractivity contribution in [2.45, 2.75) is 18.3 Å². The number of benzene rings is 1. The zero-order valence-corrected chi connectivity index (χ0v) is 17.5. The molecule has 1 saturated heterocycles. The number of nitrogens with zero attached hydrogens (tertiary/aromatic N) is 4. The highest BCUT2D eigenvalue weighted by Crippen LogP contribution is 2.37. The Balaban J connectivity index is 1.78. The molecule has 0 unspecified atom stereocenters. The van der Waals surface area contributed by atoms with Gasteiger partial charge in [-0.25, -0.2) is 9.97 Å². The summed E-state index contributed by atoms with van der Waals surface area (Å²) >= 11 is 1.36. The van der Waals surface area contributed by atoms with Gasteiger partial charge in [-0.15, -0.1) is 11.8 Å². The first-order valence-electron chi connectivity index (χ1n) is 9.50. The summed E-state index contributed by atoms with van der Waals surface area (Å²) in [7, 11) is 0. The number of hydrogen-bond donors (Lipinski definition) is 2. The Labute approximate surface area is 178 Å². The molecule has 2 aromatic rings. The summed E-state index contributed by atoms with van der Waals surface area (Å²) in [6.45, 7) is 1.71. The van der Waals surface area contributed by atoms with Crippen molar-refractivity contribution >= 4 is 23.5 Å². The number of nitrogen functional groups attached to an aromatic ring is 1. The van der Waals surface area contributed by atoms with Crippen molar-refractivity contribution in [1.82, 2.24) is 20.2 Å². The van der Waals surface area contributed by atoms with Gasteiger partial charge in [-0.1, -0.05) is 30.3 Å². The van der Waals surface area contributed by atoms with Crippen LogP contribution in [0.2, 0.25) is 0 Å². The largest absolute Gasteiger partial charge is 0.382 e. The number of aromatic nitrogens is 2. The van der Waals surface area contributed by atoms with Crippen molar-refractivity contribution in [2.24, 2.45) is 0 Å². The maximum Gasteiger partial charge on any atom is 0.273 e.